The predicted octanol–water partition coefficient (Wildman–Crippen LogP) is 2.29. The smallest absolute Gasteiger partial charge is 0.234 e. The number of nitrogens with two attached hydrogens (primary N) is 1. The minimum atomic E-state index is -0.136. The molecule has 1 saturated heterocycles. The first kappa shape index (κ1) is 12.9. The van der Waals surface area contributed by atoms with Gasteiger partial charge in [0, 0.05) is 5.69 Å². The van der Waals surface area contributed by atoms with Crippen LogP contribution < -0.4 is 5.73 Å². The molecule has 4 nitrogen and oxygen atoms in total. The third kappa shape index (κ3) is 1.56. The fraction of sp³-hybridized carbons (Fsp3) is 0.529. The molecule has 110 valence electrons. The lowest BCUT2D eigenvalue weighted by Crippen LogP contribution is -2.40. The van der Waals surface area contributed by atoms with E-state index in [1.165, 1.54) is 5.56 Å². The molecule has 4 rings (SSSR count). The quantitative estimate of drug-likeness (QED) is 0.635. The minimum Gasteiger partial charge on any atom is -0.399 e. The number of hydrogen-bond donors (Lipinski definition) is 1. The molecule has 0 radical (unpaired) electrons. The van der Waals surface area contributed by atoms with Gasteiger partial charge in [0.15, 0.2) is 0 Å². The number of rotatable bonds is 1. The van der Waals surface area contributed by atoms with E-state index in [1.807, 2.05) is 32.0 Å². The molecule has 4 heteroatoms. The van der Waals surface area contributed by atoms with E-state index in [4.69, 9.17) is 5.73 Å². The Morgan fingerprint density at radius 3 is 2.52 bits per heavy atom. The molecule has 0 spiro atoms. The van der Waals surface area contributed by atoms with Gasteiger partial charge in [-0.1, -0.05) is 19.9 Å². The number of nitrogens with zero attached hydrogens (tertiary/aromatic N) is 1. The number of hydrogen-bond acceptors (Lipinski definition) is 3. The summed E-state index contributed by atoms with van der Waals surface area (Å²) in [7, 11) is 0. The van der Waals surface area contributed by atoms with Gasteiger partial charge in [0.2, 0.25) is 11.8 Å². The third-order valence-corrected chi connectivity index (χ3v) is 5.60. The molecule has 3 aliphatic rings. The summed E-state index contributed by atoms with van der Waals surface area (Å²) in [5.41, 5.74) is 8.76. The zero-order chi connectivity index (χ0) is 14.9. The second kappa shape index (κ2) is 3.87. The van der Waals surface area contributed by atoms with Crippen LogP contribution in [-0.4, -0.2) is 16.7 Å². The van der Waals surface area contributed by atoms with Crippen molar-refractivity contribution < 1.29 is 9.59 Å². The maximum Gasteiger partial charge on any atom is 0.234 e. The van der Waals surface area contributed by atoms with Crippen LogP contribution in [0.5, 0.6) is 0 Å². The number of carbonyl (C=O) groups excluding carboxylic acids is 2. The molecule has 1 heterocycles. The number of nitrogen functional groups attached to an aromatic ring is 1. The Balaban J connectivity index is 1.71. The van der Waals surface area contributed by atoms with Crippen molar-refractivity contribution in [3.8, 4) is 0 Å². The Labute approximate surface area is 124 Å². The maximum atomic E-state index is 12.6. The Morgan fingerprint density at radius 1 is 1.19 bits per heavy atom. The standard InChI is InChI=1S/C17H20N2O2/c1-17(2)13-14(17)16(21)19(15(13)20)12-5-3-4-9-8-10(18)6-7-11(9)12/h6-8,12-14H,3-5,18H2,1-2H3. The van der Waals surface area contributed by atoms with Crippen molar-refractivity contribution in [2.24, 2.45) is 17.3 Å². The van der Waals surface area contributed by atoms with Crippen molar-refractivity contribution in [2.75, 3.05) is 5.73 Å². The van der Waals surface area contributed by atoms with Crippen molar-refractivity contribution in [3.63, 3.8) is 0 Å². The summed E-state index contributed by atoms with van der Waals surface area (Å²) in [4.78, 5) is 26.8. The molecule has 2 amide bonds. The van der Waals surface area contributed by atoms with Crippen LogP contribution in [0.15, 0.2) is 18.2 Å². The van der Waals surface area contributed by atoms with Gasteiger partial charge in [-0.2, -0.15) is 0 Å². The van der Waals surface area contributed by atoms with Crippen molar-refractivity contribution in [3.05, 3.63) is 29.3 Å². The zero-order valence-corrected chi connectivity index (χ0v) is 12.4. The van der Waals surface area contributed by atoms with E-state index in [9.17, 15) is 9.59 Å². The van der Waals surface area contributed by atoms with E-state index in [-0.39, 0.29) is 35.1 Å². The summed E-state index contributed by atoms with van der Waals surface area (Å²) in [6, 6.07) is 5.76. The van der Waals surface area contributed by atoms with Crippen molar-refractivity contribution in [1.29, 1.82) is 0 Å². The largest absolute Gasteiger partial charge is 0.399 e. The number of carbonyl (C=O) groups is 2. The number of anilines is 1. The first-order chi connectivity index (χ1) is 9.93. The highest BCUT2D eigenvalue weighted by Gasteiger charge is 2.73. The number of amides is 2. The lowest BCUT2D eigenvalue weighted by Gasteiger charge is -2.34. The van der Waals surface area contributed by atoms with E-state index >= 15 is 0 Å². The highest BCUT2D eigenvalue weighted by Crippen LogP contribution is 2.64. The second-order valence-corrected chi connectivity index (χ2v) is 7.19. The van der Waals surface area contributed by atoms with Crippen LogP contribution in [0.1, 0.15) is 43.9 Å². The summed E-state index contributed by atoms with van der Waals surface area (Å²) in [6.45, 7) is 4.04. The Kier molecular flexibility index (Phi) is 2.37. The van der Waals surface area contributed by atoms with Crippen LogP contribution in [0.25, 0.3) is 0 Å². The van der Waals surface area contributed by atoms with Crippen molar-refractivity contribution in [1.82, 2.24) is 4.90 Å². The van der Waals surface area contributed by atoms with E-state index in [0.717, 1.165) is 30.5 Å². The third-order valence-electron chi connectivity index (χ3n) is 5.60. The van der Waals surface area contributed by atoms with E-state index in [0.29, 0.717) is 0 Å². The molecule has 0 bridgehead atoms. The monoisotopic (exact) mass is 284 g/mol. The van der Waals surface area contributed by atoms with Gasteiger partial charge in [0.05, 0.1) is 17.9 Å². The van der Waals surface area contributed by atoms with Crippen LogP contribution >= 0.6 is 0 Å². The molecule has 0 aromatic heterocycles. The first-order valence-corrected chi connectivity index (χ1v) is 7.68. The van der Waals surface area contributed by atoms with Gasteiger partial charge in [0.1, 0.15) is 0 Å². The average Bonchev–Trinajstić information content (AvgIpc) is 2.89. The molecule has 3 unspecified atom stereocenters. The maximum absolute atomic E-state index is 12.6. The molecule has 21 heavy (non-hydrogen) atoms. The van der Waals surface area contributed by atoms with E-state index < -0.39 is 0 Å². The Morgan fingerprint density at radius 2 is 1.86 bits per heavy atom. The molecule has 3 atom stereocenters. The highest BCUT2D eigenvalue weighted by atomic mass is 16.2. The molecular formula is C17H20N2O2. The molecule has 1 aliphatic heterocycles. The summed E-state index contributed by atoms with van der Waals surface area (Å²) in [5.74, 6) is -0.123. The van der Waals surface area contributed by atoms with Crippen LogP contribution in [0.4, 0.5) is 5.69 Å². The summed E-state index contributed by atoms with van der Waals surface area (Å²) in [5, 5.41) is 0. The topological polar surface area (TPSA) is 63.4 Å². The second-order valence-electron chi connectivity index (χ2n) is 7.19. The summed E-state index contributed by atoms with van der Waals surface area (Å²) < 4.78 is 0. The van der Waals surface area contributed by atoms with Gasteiger partial charge >= 0.3 is 0 Å². The number of piperidine rings is 1. The van der Waals surface area contributed by atoms with Crippen molar-refractivity contribution in [2.45, 2.75) is 39.2 Å². The molecule has 2 N–H and O–H groups in total. The van der Waals surface area contributed by atoms with Gasteiger partial charge in [-0.15, -0.1) is 0 Å². The first-order valence-electron chi connectivity index (χ1n) is 7.68. The predicted molar refractivity (Wildman–Crippen MR) is 79.1 cm³/mol. The zero-order valence-electron chi connectivity index (χ0n) is 12.4. The molecule has 2 aliphatic carbocycles. The molecule has 2 fully saturated rings. The molecule has 1 aromatic rings. The van der Waals surface area contributed by atoms with Gasteiger partial charge < -0.3 is 5.73 Å². The van der Waals surface area contributed by atoms with Crippen molar-refractivity contribution >= 4 is 17.5 Å². The minimum absolute atomic E-state index is 0.0321. The average molecular weight is 284 g/mol. The summed E-state index contributed by atoms with van der Waals surface area (Å²) in [6.07, 6.45) is 2.84. The highest BCUT2D eigenvalue weighted by molar-refractivity contribution is 6.10. The molecule has 1 saturated carbocycles. The van der Waals surface area contributed by atoms with E-state index in [1.54, 1.807) is 4.90 Å². The molecular weight excluding hydrogens is 264 g/mol. The Hall–Kier alpha value is -1.84. The number of imide groups is 1. The number of benzene rings is 1. The normalized spacial score (nSPS) is 32.9. The van der Waals surface area contributed by atoms with E-state index in [2.05, 4.69) is 0 Å². The summed E-state index contributed by atoms with van der Waals surface area (Å²) >= 11 is 0. The Bertz CT molecular complexity index is 641. The van der Waals surface area contributed by atoms with Crippen LogP contribution in [0.2, 0.25) is 0 Å². The lowest BCUT2D eigenvalue weighted by atomic mass is 9.86. The van der Waals surface area contributed by atoms with Gasteiger partial charge in [0.25, 0.3) is 0 Å². The SMILES string of the molecule is CC1(C)C2C(=O)N(C3CCCc4cc(N)ccc43)C(=O)C21. The van der Waals surface area contributed by atoms with Crippen LogP contribution in [0, 0.1) is 17.3 Å². The lowest BCUT2D eigenvalue weighted by molar-refractivity contribution is -0.146. The van der Waals surface area contributed by atoms with Gasteiger partial charge in [-0.05, 0) is 47.9 Å². The van der Waals surface area contributed by atoms with Gasteiger partial charge in [-0.25, -0.2) is 0 Å². The molecule has 1 aromatic carbocycles. The van der Waals surface area contributed by atoms with Gasteiger partial charge in [-0.3, -0.25) is 14.5 Å². The number of likely N-dealkylation sites (tertiary alicyclic amines) is 1. The fourth-order valence-electron chi connectivity index (χ4n) is 4.35. The number of aryl methyl sites for hydroxylation is 1. The van der Waals surface area contributed by atoms with Crippen LogP contribution in [0.3, 0.4) is 0 Å². The fourth-order valence-corrected chi connectivity index (χ4v) is 4.35. The van der Waals surface area contributed by atoms with Crippen LogP contribution in [-0.2, 0) is 16.0 Å². The number of fused-ring (bicyclic) bond motifs is 2.